The first kappa shape index (κ1) is 12.1. The minimum absolute atomic E-state index is 0.0888. The van der Waals surface area contributed by atoms with Crippen molar-refractivity contribution in [3.05, 3.63) is 10.6 Å². The molecule has 0 radical (unpaired) electrons. The highest BCUT2D eigenvalue weighted by molar-refractivity contribution is 7.15. The van der Waals surface area contributed by atoms with Crippen molar-refractivity contribution < 1.29 is 4.79 Å². The van der Waals surface area contributed by atoms with E-state index in [0.717, 1.165) is 31.1 Å². The van der Waals surface area contributed by atoms with Gasteiger partial charge in [0, 0.05) is 11.4 Å². The molecule has 0 unspecified atom stereocenters. The number of carbonyl (C=O) groups excluding carboxylic acids is 1. The molecule has 98 valence electrons. The van der Waals surface area contributed by atoms with Gasteiger partial charge in [0.15, 0.2) is 5.13 Å². The Labute approximate surface area is 111 Å². The number of carbonyl (C=O) groups is 1. The topological polar surface area (TPSA) is 54.0 Å². The summed E-state index contributed by atoms with van der Waals surface area (Å²) in [6.45, 7) is 3.85. The number of hydrogen-bond acceptors (Lipinski definition) is 4. The Morgan fingerprint density at radius 3 is 2.94 bits per heavy atom. The molecule has 1 saturated heterocycles. The molecular formula is C13H19N3OS. The van der Waals surface area contributed by atoms with Gasteiger partial charge in [0.2, 0.25) is 5.91 Å². The first-order chi connectivity index (χ1) is 8.74. The van der Waals surface area contributed by atoms with Gasteiger partial charge in [0.1, 0.15) is 0 Å². The third-order valence-corrected chi connectivity index (χ3v) is 5.00. The first-order valence-corrected chi connectivity index (χ1v) is 7.56. The van der Waals surface area contributed by atoms with E-state index < -0.39 is 0 Å². The van der Waals surface area contributed by atoms with E-state index in [2.05, 4.69) is 22.5 Å². The molecule has 1 amide bonds. The number of hydrogen-bond donors (Lipinski definition) is 2. The van der Waals surface area contributed by atoms with Gasteiger partial charge in [-0.3, -0.25) is 4.79 Å². The summed E-state index contributed by atoms with van der Waals surface area (Å²) in [6.07, 6.45) is 4.69. The Bertz CT molecular complexity index is 434. The minimum atomic E-state index is 0.0888. The van der Waals surface area contributed by atoms with Crippen molar-refractivity contribution in [1.29, 1.82) is 0 Å². The van der Waals surface area contributed by atoms with Crippen LogP contribution in [0.5, 0.6) is 0 Å². The molecule has 0 bridgehead atoms. The van der Waals surface area contributed by atoms with Gasteiger partial charge in [-0.15, -0.1) is 11.3 Å². The van der Waals surface area contributed by atoms with E-state index in [1.165, 1.54) is 23.4 Å². The summed E-state index contributed by atoms with van der Waals surface area (Å²) in [7, 11) is 0. The number of thiazole rings is 1. The second kappa shape index (κ2) is 4.97. The number of nitrogens with one attached hydrogen (secondary N) is 2. The van der Waals surface area contributed by atoms with Gasteiger partial charge < -0.3 is 10.6 Å². The van der Waals surface area contributed by atoms with E-state index in [-0.39, 0.29) is 11.8 Å². The van der Waals surface area contributed by atoms with Gasteiger partial charge in [-0.1, -0.05) is 6.92 Å². The maximum atomic E-state index is 12.2. The fraction of sp³-hybridized carbons (Fsp3) is 0.692. The maximum absolute atomic E-state index is 12.2. The average molecular weight is 265 g/mol. The van der Waals surface area contributed by atoms with E-state index in [1.54, 1.807) is 11.3 Å². The van der Waals surface area contributed by atoms with Crippen LogP contribution in [0.2, 0.25) is 0 Å². The Morgan fingerprint density at radius 2 is 2.22 bits per heavy atom. The monoisotopic (exact) mass is 265 g/mol. The van der Waals surface area contributed by atoms with Crippen molar-refractivity contribution in [2.45, 2.75) is 32.6 Å². The molecule has 1 fully saturated rings. The molecule has 0 spiro atoms. The summed E-state index contributed by atoms with van der Waals surface area (Å²) in [4.78, 5) is 18.1. The van der Waals surface area contributed by atoms with Crippen LogP contribution in [0.25, 0.3) is 0 Å². The van der Waals surface area contributed by atoms with Gasteiger partial charge >= 0.3 is 0 Å². The van der Waals surface area contributed by atoms with Crippen LogP contribution in [0.3, 0.4) is 0 Å². The lowest BCUT2D eigenvalue weighted by Gasteiger charge is -2.12. The summed E-state index contributed by atoms with van der Waals surface area (Å²) >= 11 is 1.66. The Hall–Kier alpha value is -0.940. The van der Waals surface area contributed by atoms with Gasteiger partial charge in [-0.25, -0.2) is 4.98 Å². The second-order valence-corrected chi connectivity index (χ2v) is 6.41. The average Bonchev–Trinajstić information content (AvgIpc) is 2.94. The Kier molecular flexibility index (Phi) is 3.35. The molecule has 2 aliphatic rings. The predicted molar refractivity (Wildman–Crippen MR) is 72.9 cm³/mol. The fourth-order valence-electron chi connectivity index (χ4n) is 2.76. The van der Waals surface area contributed by atoms with Crippen molar-refractivity contribution in [3.8, 4) is 0 Å². The van der Waals surface area contributed by atoms with Crippen LogP contribution in [-0.4, -0.2) is 24.0 Å². The smallest absolute Gasteiger partial charge is 0.230 e. The van der Waals surface area contributed by atoms with E-state index in [9.17, 15) is 4.79 Å². The molecule has 1 aromatic rings. The van der Waals surface area contributed by atoms with Gasteiger partial charge in [-0.05, 0) is 38.1 Å². The van der Waals surface area contributed by atoms with Crippen molar-refractivity contribution in [3.63, 3.8) is 0 Å². The summed E-state index contributed by atoms with van der Waals surface area (Å²) in [5, 5.41) is 7.06. The zero-order valence-corrected chi connectivity index (χ0v) is 11.5. The molecule has 1 aliphatic carbocycles. The number of aryl methyl sites for hydroxylation is 2. The van der Waals surface area contributed by atoms with Crippen LogP contribution >= 0.6 is 11.3 Å². The standard InChI is InChI=1S/C13H19N3OS/c1-8-6-14-7-9(8)12(17)16-13-15-10-4-2-3-5-11(10)18-13/h8-9,14H,2-7H2,1H3,(H,15,16,17)/t8-,9-/m1/s1. The van der Waals surface area contributed by atoms with Crippen LogP contribution in [-0.2, 0) is 17.6 Å². The molecule has 3 rings (SSSR count). The molecule has 18 heavy (non-hydrogen) atoms. The largest absolute Gasteiger partial charge is 0.316 e. The van der Waals surface area contributed by atoms with Gasteiger partial charge in [-0.2, -0.15) is 0 Å². The quantitative estimate of drug-likeness (QED) is 0.857. The summed E-state index contributed by atoms with van der Waals surface area (Å²) in [6, 6.07) is 0. The number of aromatic nitrogens is 1. The first-order valence-electron chi connectivity index (χ1n) is 6.74. The number of anilines is 1. The highest BCUT2D eigenvalue weighted by Gasteiger charge is 2.30. The number of nitrogens with zero attached hydrogens (tertiary/aromatic N) is 1. The van der Waals surface area contributed by atoms with Crippen molar-refractivity contribution in [1.82, 2.24) is 10.3 Å². The van der Waals surface area contributed by atoms with Crippen LogP contribution in [0.4, 0.5) is 5.13 Å². The molecule has 1 aliphatic heterocycles. The van der Waals surface area contributed by atoms with E-state index in [1.807, 2.05) is 0 Å². The number of rotatable bonds is 2. The lowest BCUT2D eigenvalue weighted by Crippen LogP contribution is -2.27. The highest BCUT2D eigenvalue weighted by Crippen LogP contribution is 2.30. The molecule has 5 heteroatoms. The zero-order chi connectivity index (χ0) is 12.5. The van der Waals surface area contributed by atoms with E-state index >= 15 is 0 Å². The third kappa shape index (κ3) is 2.29. The van der Waals surface area contributed by atoms with Crippen LogP contribution in [0, 0.1) is 11.8 Å². The van der Waals surface area contributed by atoms with Crippen molar-refractivity contribution >= 4 is 22.4 Å². The van der Waals surface area contributed by atoms with Crippen LogP contribution < -0.4 is 10.6 Å². The lowest BCUT2D eigenvalue weighted by molar-refractivity contribution is -0.120. The number of amides is 1. The van der Waals surface area contributed by atoms with Crippen LogP contribution in [0.1, 0.15) is 30.3 Å². The molecular weight excluding hydrogens is 246 g/mol. The second-order valence-electron chi connectivity index (χ2n) is 5.33. The van der Waals surface area contributed by atoms with Gasteiger partial charge in [0.05, 0.1) is 11.6 Å². The number of fused-ring (bicyclic) bond motifs is 1. The molecule has 2 heterocycles. The normalized spacial score (nSPS) is 26.9. The molecule has 1 aromatic heterocycles. The van der Waals surface area contributed by atoms with Crippen molar-refractivity contribution in [2.24, 2.45) is 11.8 Å². The predicted octanol–water partition coefficient (Wildman–Crippen LogP) is 1.82. The van der Waals surface area contributed by atoms with Crippen LogP contribution in [0.15, 0.2) is 0 Å². The summed E-state index contributed by atoms with van der Waals surface area (Å²) in [5.74, 6) is 0.629. The maximum Gasteiger partial charge on any atom is 0.230 e. The third-order valence-electron chi connectivity index (χ3n) is 3.93. The van der Waals surface area contributed by atoms with Crippen molar-refractivity contribution in [2.75, 3.05) is 18.4 Å². The highest BCUT2D eigenvalue weighted by atomic mass is 32.1. The van der Waals surface area contributed by atoms with E-state index in [0.29, 0.717) is 5.92 Å². The van der Waals surface area contributed by atoms with Gasteiger partial charge in [0.25, 0.3) is 0 Å². The molecule has 4 nitrogen and oxygen atoms in total. The molecule has 0 saturated carbocycles. The molecule has 0 aromatic carbocycles. The molecule has 2 N–H and O–H groups in total. The summed E-state index contributed by atoms with van der Waals surface area (Å²) in [5.41, 5.74) is 1.21. The van der Waals surface area contributed by atoms with E-state index in [4.69, 9.17) is 0 Å². The minimum Gasteiger partial charge on any atom is -0.316 e. The molecule has 2 atom stereocenters. The SMILES string of the molecule is C[C@@H]1CNC[C@H]1C(=O)Nc1nc2c(s1)CCCC2. The Balaban J connectivity index is 1.68. The lowest BCUT2D eigenvalue weighted by atomic mass is 9.97. The fourth-order valence-corrected chi connectivity index (χ4v) is 3.82. The Morgan fingerprint density at radius 1 is 1.39 bits per heavy atom. The summed E-state index contributed by atoms with van der Waals surface area (Å²) < 4.78 is 0. The zero-order valence-electron chi connectivity index (χ0n) is 10.7.